The van der Waals surface area contributed by atoms with Crippen molar-refractivity contribution in [2.75, 3.05) is 7.11 Å². The van der Waals surface area contributed by atoms with E-state index in [4.69, 9.17) is 10.1 Å². The van der Waals surface area contributed by atoms with Crippen LogP contribution < -0.4 is 10.2 Å². The molecule has 0 bridgehead atoms. The molecule has 4 rings (SSSR count). The Morgan fingerprint density at radius 2 is 1.35 bits per heavy atom. The maximum absolute atomic E-state index is 13.2. The van der Waals surface area contributed by atoms with Gasteiger partial charge in [-0.05, 0) is 30.3 Å². The molecule has 0 unspecified atom stereocenters. The van der Waals surface area contributed by atoms with E-state index in [0.29, 0.717) is 22.6 Å². The number of ether oxygens (including phenoxy) is 1. The average molecular weight is 409 g/mol. The van der Waals surface area contributed by atoms with Crippen LogP contribution in [0.5, 0.6) is 5.75 Å². The first-order chi connectivity index (χ1) is 15.1. The van der Waals surface area contributed by atoms with Gasteiger partial charge in [0.15, 0.2) is 11.3 Å². The first-order valence-corrected chi connectivity index (χ1v) is 9.61. The van der Waals surface area contributed by atoms with E-state index in [0.717, 1.165) is 0 Å². The van der Waals surface area contributed by atoms with Crippen molar-refractivity contribution < 1.29 is 14.3 Å². The largest absolute Gasteiger partial charge is 0.497 e. The average Bonchev–Trinajstić information content (AvgIpc) is 2.84. The van der Waals surface area contributed by atoms with Gasteiger partial charge in [-0.3, -0.25) is 15.0 Å². The Morgan fingerprint density at radius 1 is 0.806 bits per heavy atom. The van der Waals surface area contributed by atoms with Crippen LogP contribution in [0.2, 0.25) is 0 Å². The highest BCUT2D eigenvalue weighted by Gasteiger charge is 2.20. The van der Waals surface area contributed by atoms with E-state index in [2.05, 4.69) is 5.10 Å². The molecule has 4 aromatic rings. The van der Waals surface area contributed by atoms with Crippen molar-refractivity contribution in [3.63, 3.8) is 0 Å². The van der Waals surface area contributed by atoms with Crippen LogP contribution in [0, 0.1) is 5.41 Å². The zero-order valence-electron chi connectivity index (χ0n) is 16.8. The number of hydrogen-bond acceptors (Lipinski definition) is 5. The maximum atomic E-state index is 13.2. The van der Waals surface area contributed by atoms with Crippen LogP contribution in [0.25, 0.3) is 5.69 Å². The second-order valence-corrected chi connectivity index (χ2v) is 6.79. The van der Waals surface area contributed by atoms with Crippen LogP contribution in [-0.2, 0) is 0 Å². The minimum Gasteiger partial charge on any atom is -0.497 e. The van der Waals surface area contributed by atoms with Gasteiger partial charge in [0.1, 0.15) is 11.4 Å². The molecule has 0 aliphatic heterocycles. The third kappa shape index (κ3) is 4.04. The molecule has 6 heteroatoms. The lowest BCUT2D eigenvalue weighted by Gasteiger charge is -2.12. The Balaban J connectivity index is 1.90. The van der Waals surface area contributed by atoms with E-state index < -0.39 is 0 Å². The van der Waals surface area contributed by atoms with Crippen LogP contribution >= 0.6 is 0 Å². The molecule has 0 fully saturated rings. The Kier molecular flexibility index (Phi) is 5.53. The Hall–Kier alpha value is -4.32. The van der Waals surface area contributed by atoms with Crippen LogP contribution in [0.15, 0.2) is 91.0 Å². The number of carbonyl (C=O) groups excluding carboxylic acids is 2. The molecule has 0 saturated carbocycles. The molecular formula is C25H19N3O3. The molecule has 3 aromatic carbocycles. The van der Waals surface area contributed by atoms with Crippen molar-refractivity contribution in [1.82, 2.24) is 9.78 Å². The van der Waals surface area contributed by atoms with Crippen molar-refractivity contribution in [2.24, 2.45) is 0 Å². The predicted octanol–water partition coefficient (Wildman–Crippen LogP) is 3.82. The molecule has 1 aromatic heterocycles. The van der Waals surface area contributed by atoms with Gasteiger partial charge >= 0.3 is 0 Å². The number of nitrogens with zero attached hydrogens (tertiary/aromatic N) is 2. The quantitative estimate of drug-likeness (QED) is 0.491. The molecule has 0 atom stereocenters. The fraction of sp³-hybridized carbons (Fsp3) is 0.0400. The number of rotatable bonds is 6. The number of nitrogens with one attached hydrogen (secondary N) is 1. The summed E-state index contributed by atoms with van der Waals surface area (Å²) in [7, 11) is 1.56. The Bertz CT molecular complexity index is 1300. The lowest BCUT2D eigenvalue weighted by molar-refractivity contribution is 0.103. The molecule has 6 nitrogen and oxygen atoms in total. The van der Waals surface area contributed by atoms with Crippen molar-refractivity contribution in [2.45, 2.75) is 0 Å². The van der Waals surface area contributed by atoms with Crippen LogP contribution in [0.1, 0.15) is 32.0 Å². The SMILES string of the molecule is COc1ccc(-n2nc(C(=O)c3ccccc3)cc(C(=O)c3ccccc3)c2=N)cc1. The van der Waals surface area contributed by atoms with E-state index in [9.17, 15) is 9.59 Å². The molecule has 0 radical (unpaired) electrons. The summed E-state index contributed by atoms with van der Waals surface area (Å²) in [6.07, 6.45) is 0. The van der Waals surface area contributed by atoms with Gasteiger partial charge in [0.05, 0.1) is 18.4 Å². The number of methoxy groups -OCH3 is 1. The topological polar surface area (TPSA) is 85.0 Å². The van der Waals surface area contributed by atoms with Gasteiger partial charge in [-0.25, -0.2) is 4.68 Å². The normalized spacial score (nSPS) is 10.5. The van der Waals surface area contributed by atoms with Crippen LogP contribution in [-0.4, -0.2) is 28.5 Å². The van der Waals surface area contributed by atoms with Crippen LogP contribution in [0.4, 0.5) is 0 Å². The monoisotopic (exact) mass is 409 g/mol. The van der Waals surface area contributed by atoms with E-state index in [1.807, 2.05) is 12.1 Å². The maximum Gasteiger partial charge on any atom is 0.213 e. The number of benzene rings is 3. The molecule has 0 saturated heterocycles. The summed E-state index contributed by atoms with van der Waals surface area (Å²) in [5, 5.41) is 13.0. The Labute approximate surface area is 178 Å². The summed E-state index contributed by atoms with van der Waals surface area (Å²) in [5.41, 5.74) is 1.49. The van der Waals surface area contributed by atoms with Gasteiger partial charge in [0.25, 0.3) is 0 Å². The molecular weight excluding hydrogens is 390 g/mol. The summed E-state index contributed by atoms with van der Waals surface area (Å²) in [5.74, 6) is -0.0321. The van der Waals surface area contributed by atoms with Gasteiger partial charge in [-0.1, -0.05) is 60.7 Å². The van der Waals surface area contributed by atoms with E-state index in [1.54, 1.807) is 79.9 Å². The first kappa shape index (κ1) is 20.0. The molecule has 0 aliphatic rings. The lowest BCUT2D eigenvalue weighted by Crippen LogP contribution is -2.30. The predicted molar refractivity (Wildman–Crippen MR) is 116 cm³/mol. The van der Waals surface area contributed by atoms with Gasteiger partial charge in [-0.2, -0.15) is 5.10 Å². The zero-order chi connectivity index (χ0) is 21.8. The summed E-state index contributed by atoms with van der Waals surface area (Å²) < 4.78 is 6.49. The van der Waals surface area contributed by atoms with Crippen molar-refractivity contribution in [1.29, 1.82) is 5.41 Å². The third-order valence-electron chi connectivity index (χ3n) is 4.82. The standard InChI is InChI=1S/C25H19N3O3/c1-31-20-14-12-19(13-15-20)28-25(26)21(23(29)17-8-4-2-5-9-17)16-22(27-28)24(30)18-10-6-3-7-11-18/h2-16,26H,1H3. The lowest BCUT2D eigenvalue weighted by atomic mass is 10.0. The number of aromatic nitrogens is 2. The van der Waals surface area contributed by atoms with E-state index >= 15 is 0 Å². The van der Waals surface area contributed by atoms with Crippen molar-refractivity contribution >= 4 is 11.6 Å². The molecule has 31 heavy (non-hydrogen) atoms. The number of hydrogen-bond donors (Lipinski definition) is 1. The molecule has 0 amide bonds. The highest BCUT2D eigenvalue weighted by molar-refractivity contribution is 6.12. The fourth-order valence-electron chi connectivity index (χ4n) is 3.18. The van der Waals surface area contributed by atoms with Gasteiger partial charge in [0, 0.05) is 11.1 Å². The Morgan fingerprint density at radius 3 is 1.90 bits per heavy atom. The van der Waals surface area contributed by atoms with Crippen molar-refractivity contribution in [3.8, 4) is 11.4 Å². The minimum atomic E-state index is -0.350. The van der Waals surface area contributed by atoms with Crippen molar-refractivity contribution in [3.05, 3.63) is 119 Å². The molecule has 152 valence electrons. The highest BCUT2D eigenvalue weighted by atomic mass is 16.5. The van der Waals surface area contributed by atoms with E-state index in [1.165, 1.54) is 10.7 Å². The highest BCUT2D eigenvalue weighted by Crippen LogP contribution is 2.16. The smallest absolute Gasteiger partial charge is 0.213 e. The van der Waals surface area contributed by atoms with Gasteiger partial charge in [0.2, 0.25) is 5.78 Å². The summed E-state index contributed by atoms with van der Waals surface area (Å²) >= 11 is 0. The third-order valence-corrected chi connectivity index (χ3v) is 4.82. The second-order valence-electron chi connectivity index (χ2n) is 6.79. The second kappa shape index (κ2) is 8.59. The van der Waals surface area contributed by atoms with Gasteiger partial charge in [-0.15, -0.1) is 0 Å². The molecule has 1 heterocycles. The van der Waals surface area contributed by atoms with Gasteiger partial charge < -0.3 is 4.74 Å². The molecule has 0 aliphatic carbocycles. The minimum absolute atomic E-state index is 0.0808. The zero-order valence-corrected chi connectivity index (χ0v) is 16.8. The fourth-order valence-corrected chi connectivity index (χ4v) is 3.18. The summed E-state index contributed by atoms with van der Waals surface area (Å²) in [4.78, 5) is 26.3. The van der Waals surface area contributed by atoms with E-state index in [-0.39, 0.29) is 28.3 Å². The number of carbonyl (C=O) groups is 2. The summed E-state index contributed by atoms with van der Waals surface area (Å²) in [6.45, 7) is 0. The number of ketones is 2. The molecule has 1 N–H and O–H groups in total. The van der Waals surface area contributed by atoms with Crippen LogP contribution in [0.3, 0.4) is 0 Å². The summed E-state index contributed by atoms with van der Waals surface area (Å²) in [6, 6.07) is 25.7. The first-order valence-electron chi connectivity index (χ1n) is 9.61. The molecule has 0 spiro atoms.